The van der Waals surface area contributed by atoms with Crippen LogP contribution in [0.25, 0.3) is 0 Å². The van der Waals surface area contributed by atoms with Crippen LogP contribution in [0.15, 0.2) is 16.5 Å². The molecule has 0 aliphatic carbocycles. The molecule has 18 heavy (non-hydrogen) atoms. The molecule has 1 aliphatic rings. The number of hydrogen-bond donors (Lipinski definition) is 2. The number of aliphatic hydroxyl groups is 1. The van der Waals surface area contributed by atoms with E-state index in [1.54, 1.807) is 0 Å². The summed E-state index contributed by atoms with van der Waals surface area (Å²) in [5.41, 5.74) is 0. The van der Waals surface area contributed by atoms with Gasteiger partial charge >= 0.3 is 0 Å². The minimum absolute atomic E-state index is 0.0680. The Hall–Kier alpha value is -0.840. The minimum atomic E-state index is -0.0680. The number of aliphatic hydroxyl groups excluding tert-OH is 1. The molecule has 0 saturated carbocycles. The van der Waals surface area contributed by atoms with Crippen molar-refractivity contribution >= 4 is 0 Å². The van der Waals surface area contributed by atoms with Gasteiger partial charge in [0.15, 0.2) is 0 Å². The highest BCUT2D eigenvalue weighted by atomic mass is 16.3. The van der Waals surface area contributed by atoms with Gasteiger partial charge in [-0.25, -0.2) is 0 Å². The van der Waals surface area contributed by atoms with Crippen LogP contribution in [0.1, 0.15) is 30.8 Å². The number of likely N-dealkylation sites (tertiary alicyclic amines) is 1. The molecule has 102 valence electrons. The van der Waals surface area contributed by atoms with Crippen molar-refractivity contribution in [2.24, 2.45) is 0 Å². The van der Waals surface area contributed by atoms with Crippen LogP contribution >= 0.6 is 0 Å². The molecule has 1 aromatic heterocycles. The van der Waals surface area contributed by atoms with Crippen LogP contribution in [0, 0.1) is 6.92 Å². The van der Waals surface area contributed by atoms with Gasteiger partial charge in [0.2, 0.25) is 0 Å². The van der Waals surface area contributed by atoms with Gasteiger partial charge in [-0.2, -0.15) is 0 Å². The summed E-state index contributed by atoms with van der Waals surface area (Å²) in [5.74, 6) is 1.98. The van der Waals surface area contributed by atoms with E-state index in [0.717, 1.165) is 63.5 Å². The summed E-state index contributed by atoms with van der Waals surface area (Å²) in [6.45, 7) is 6.99. The Balaban J connectivity index is 1.51. The molecule has 1 aliphatic heterocycles. The maximum Gasteiger partial charge on any atom is 0.117 e. The normalized spacial score (nSPS) is 18.3. The van der Waals surface area contributed by atoms with Crippen molar-refractivity contribution in [1.29, 1.82) is 0 Å². The van der Waals surface area contributed by atoms with Gasteiger partial charge in [0.05, 0.1) is 12.6 Å². The van der Waals surface area contributed by atoms with Crippen molar-refractivity contribution in [3.63, 3.8) is 0 Å². The maximum atomic E-state index is 9.42. The molecule has 2 rings (SSSR count). The fraction of sp³-hybridized carbons (Fsp3) is 0.714. The lowest BCUT2D eigenvalue weighted by atomic mass is 10.1. The second kappa shape index (κ2) is 6.92. The number of nitrogens with one attached hydrogen (secondary N) is 1. The molecule has 4 heteroatoms. The lowest BCUT2D eigenvalue weighted by Crippen LogP contribution is -2.37. The third-order valence-electron chi connectivity index (χ3n) is 3.48. The Labute approximate surface area is 109 Å². The summed E-state index contributed by atoms with van der Waals surface area (Å²) in [4.78, 5) is 2.44. The molecule has 0 unspecified atom stereocenters. The zero-order valence-corrected chi connectivity index (χ0v) is 11.2. The van der Waals surface area contributed by atoms with Gasteiger partial charge in [0.25, 0.3) is 0 Å². The van der Waals surface area contributed by atoms with Crippen LogP contribution in [0.2, 0.25) is 0 Å². The standard InChI is InChI=1S/C14H24N2O2/c1-12-3-4-14(18-12)11-15-7-2-8-16-9-5-13(17)6-10-16/h3-4,13,15,17H,2,5-11H2,1H3. The first-order valence-corrected chi connectivity index (χ1v) is 6.90. The molecular formula is C14H24N2O2. The Morgan fingerprint density at radius 1 is 1.39 bits per heavy atom. The topological polar surface area (TPSA) is 48.6 Å². The van der Waals surface area contributed by atoms with E-state index in [9.17, 15) is 5.11 Å². The van der Waals surface area contributed by atoms with Crippen molar-refractivity contribution in [3.8, 4) is 0 Å². The van der Waals surface area contributed by atoms with Crippen LogP contribution in [0.5, 0.6) is 0 Å². The molecule has 1 fully saturated rings. The average molecular weight is 252 g/mol. The second-order valence-electron chi connectivity index (χ2n) is 5.12. The van der Waals surface area contributed by atoms with E-state index in [1.807, 2.05) is 19.1 Å². The number of rotatable bonds is 6. The van der Waals surface area contributed by atoms with Crippen LogP contribution in [-0.4, -0.2) is 42.3 Å². The zero-order valence-electron chi connectivity index (χ0n) is 11.2. The molecule has 0 spiro atoms. The van der Waals surface area contributed by atoms with Crippen LogP contribution in [0.3, 0.4) is 0 Å². The molecule has 1 saturated heterocycles. The monoisotopic (exact) mass is 252 g/mol. The van der Waals surface area contributed by atoms with E-state index in [0.29, 0.717) is 0 Å². The molecule has 0 aromatic carbocycles. The molecule has 0 amide bonds. The number of piperidine rings is 1. The van der Waals surface area contributed by atoms with Crippen molar-refractivity contribution < 1.29 is 9.52 Å². The van der Waals surface area contributed by atoms with Crippen molar-refractivity contribution in [1.82, 2.24) is 10.2 Å². The van der Waals surface area contributed by atoms with Crippen molar-refractivity contribution in [3.05, 3.63) is 23.7 Å². The van der Waals surface area contributed by atoms with Gasteiger partial charge < -0.3 is 19.7 Å². The summed E-state index contributed by atoms with van der Waals surface area (Å²) < 4.78 is 5.49. The van der Waals surface area contributed by atoms with Gasteiger partial charge in [-0.1, -0.05) is 0 Å². The van der Waals surface area contributed by atoms with E-state index in [2.05, 4.69) is 10.2 Å². The van der Waals surface area contributed by atoms with E-state index in [1.165, 1.54) is 0 Å². The minimum Gasteiger partial charge on any atom is -0.465 e. The largest absolute Gasteiger partial charge is 0.465 e. The molecule has 1 aromatic rings. The molecule has 0 radical (unpaired) electrons. The van der Waals surface area contributed by atoms with E-state index >= 15 is 0 Å². The van der Waals surface area contributed by atoms with Crippen LogP contribution < -0.4 is 5.32 Å². The highest BCUT2D eigenvalue weighted by molar-refractivity contribution is 5.04. The molecule has 4 nitrogen and oxygen atoms in total. The lowest BCUT2D eigenvalue weighted by Gasteiger charge is -2.29. The predicted octanol–water partition coefficient (Wildman–Crippen LogP) is 1.52. The Bertz CT molecular complexity index is 343. The zero-order chi connectivity index (χ0) is 12.8. The first-order valence-electron chi connectivity index (χ1n) is 6.90. The number of furan rings is 1. The number of hydrogen-bond acceptors (Lipinski definition) is 4. The third kappa shape index (κ3) is 4.44. The van der Waals surface area contributed by atoms with E-state index in [4.69, 9.17) is 4.42 Å². The van der Waals surface area contributed by atoms with E-state index < -0.39 is 0 Å². The highest BCUT2D eigenvalue weighted by Gasteiger charge is 2.15. The molecule has 2 heterocycles. The Morgan fingerprint density at radius 2 is 2.17 bits per heavy atom. The molecular weight excluding hydrogens is 228 g/mol. The first-order chi connectivity index (χ1) is 8.74. The molecule has 0 bridgehead atoms. The molecule has 2 N–H and O–H groups in total. The summed E-state index contributed by atoms with van der Waals surface area (Å²) >= 11 is 0. The lowest BCUT2D eigenvalue weighted by molar-refractivity contribution is 0.0821. The number of aryl methyl sites for hydroxylation is 1. The van der Waals surface area contributed by atoms with Crippen LogP contribution in [0.4, 0.5) is 0 Å². The third-order valence-corrected chi connectivity index (χ3v) is 3.48. The Kier molecular flexibility index (Phi) is 5.23. The first kappa shape index (κ1) is 13.6. The quantitative estimate of drug-likeness (QED) is 0.754. The Morgan fingerprint density at radius 3 is 2.83 bits per heavy atom. The van der Waals surface area contributed by atoms with Gasteiger partial charge in [-0.05, 0) is 51.4 Å². The summed E-state index contributed by atoms with van der Waals surface area (Å²) in [6.07, 6.45) is 2.94. The predicted molar refractivity (Wildman–Crippen MR) is 71.4 cm³/mol. The van der Waals surface area contributed by atoms with Gasteiger partial charge in [0.1, 0.15) is 11.5 Å². The van der Waals surface area contributed by atoms with Crippen molar-refractivity contribution in [2.45, 2.75) is 38.8 Å². The fourth-order valence-corrected chi connectivity index (χ4v) is 2.36. The van der Waals surface area contributed by atoms with Crippen LogP contribution in [-0.2, 0) is 6.54 Å². The maximum absolute atomic E-state index is 9.42. The SMILES string of the molecule is Cc1ccc(CNCCCN2CCC(O)CC2)o1. The summed E-state index contributed by atoms with van der Waals surface area (Å²) in [5, 5.41) is 12.8. The summed E-state index contributed by atoms with van der Waals surface area (Å²) in [7, 11) is 0. The smallest absolute Gasteiger partial charge is 0.117 e. The number of nitrogens with zero attached hydrogens (tertiary/aromatic N) is 1. The van der Waals surface area contributed by atoms with Gasteiger partial charge in [-0.3, -0.25) is 0 Å². The molecule has 0 atom stereocenters. The highest BCUT2D eigenvalue weighted by Crippen LogP contribution is 2.09. The summed E-state index contributed by atoms with van der Waals surface area (Å²) in [6, 6.07) is 4.02. The average Bonchev–Trinajstić information content (AvgIpc) is 2.77. The van der Waals surface area contributed by atoms with Gasteiger partial charge in [-0.15, -0.1) is 0 Å². The van der Waals surface area contributed by atoms with E-state index in [-0.39, 0.29) is 6.10 Å². The second-order valence-corrected chi connectivity index (χ2v) is 5.12. The fourth-order valence-electron chi connectivity index (χ4n) is 2.36. The van der Waals surface area contributed by atoms with Gasteiger partial charge in [0, 0.05) is 13.1 Å². The van der Waals surface area contributed by atoms with Crippen molar-refractivity contribution in [2.75, 3.05) is 26.2 Å².